The predicted octanol–water partition coefficient (Wildman–Crippen LogP) is 0.971. The third-order valence-corrected chi connectivity index (χ3v) is 2.40. The van der Waals surface area contributed by atoms with Crippen LogP contribution in [0.4, 0.5) is 0 Å². The maximum absolute atomic E-state index is 12.1. The van der Waals surface area contributed by atoms with Gasteiger partial charge >= 0.3 is 5.97 Å². The summed E-state index contributed by atoms with van der Waals surface area (Å²) in [6.45, 7) is 4.34. The molecule has 7 heteroatoms. The van der Waals surface area contributed by atoms with Crippen LogP contribution in [0.25, 0.3) is 11.1 Å². The number of aryl methyl sites for hydroxylation is 1. The van der Waals surface area contributed by atoms with E-state index >= 15 is 0 Å². The number of hydrogen-bond acceptors (Lipinski definition) is 6. The molecule has 0 aliphatic carbocycles. The van der Waals surface area contributed by atoms with Gasteiger partial charge in [0.1, 0.15) is 11.7 Å². The molecule has 0 amide bonds. The van der Waals surface area contributed by atoms with Crippen molar-refractivity contribution < 1.29 is 14.1 Å². The number of hydrogen-bond donors (Lipinski definition) is 0. The SMILES string of the molecule is CCCn1cnc2onc(C(=O)OCC)c2c1=O. The summed E-state index contributed by atoms with van der Waals surface area (Å²) in [7, 11) is 0. The molecule has 2 aromatic rings. The fraction of sp³-hybridized carbons (Fsp3) is 0.455. The molecule has 0 spiro atoms. The molecule has 7 nitrogen and oxygen atoms in total. The van der Waals surface area contributed by atoms with Crippen molar-refractivity contribution >= 4 is 17.1 Å². The fourth-order valence-electron chi connectivity index (χ4n) is 1.62. The first-order chi connectivity index (χ1) is 8.69. The minimum atomic E-state index is -0.676. The lowest BCUT2D eigenvalue weighted by Crippen LogP contribution is -2.21. The van der Waals surface area contributed by atoms with Gasteiger partial charge in [-0.3, -0.25) is 9.36 Å². The molecule has 0 N–H and O–H groups in total. The third kappa shape index (κ3) is 1.99. The highest BCUT2D eigenvalue weighted by Crippen LogP contribution is 2.12. The number of fused-ring (bicyclic) bond motifs is 1. The molecule has 0 radical (unpaired) electrons. The van der Waals surface area contributed by atoms with Crippen LogP contribution in [0, 0.1) is 0 Å². The van der Waals surface area contributed by atoms with E-state index in [2.05, 4.69) is 10.1 Å². The van der Waals surface area contributed by atoms with Gasteiger partial charge in [-0.25, -0.2) is 9.78 Å². The third-order valence-electron chi connectivity index (χ3n) is 2.40. The normalized spacial score (nSPS) is 10.8. The Hall–Kier alpha value is -2.18. The zero-order valence-corrected chi connectivity index (χ0v) is 10.2. The molecule has 0 aliphatic rings. The van der Waals surface area contributed by atoms with E-state index in [1.165, 1.54) is 10.9 Å². The van der Waals surface area contributed by atoms with Gasteiger partial charge in [-0.2, -0.15) is 0 Å². The number of ether oxygens (including phenoxy) is 1. The quantitative estimate of drug-likeness (QED) is 0.752. The lowest BCUT2D eigenvalue weighted by Gasteiger charge is -2.01. The lowest BCUT2D eigenvalue weighted by atomic mass is 10.3. The number of carbonyl (C=O) groups is 1. The summed E-state index contributed by atoms with van der Waals surface area (Å²) in [5.74, 6) is -0.676. The highest BCUT2D eigenvalue weighted by Gasteiger charge is 2.21. The van der Waals surface area contributed by atoms with Crippen LogP contribution in [-0.2, 0) is 11.3 Å². The van der Waals surface area contributed by atoms with Crippen LogP contribution in [0.3, 0.4) is 0 Å². The van der Waals surface area contributed by atoms with Gasteiger partial charge in [-0.15, -0.1) is 0 Å². The van der Waals surface area contributed by atoms with Crippen LogP contribution in [0.1, 0.15) is 30.8 Å². The van der Waals surface area contributed by atoms with Crippen LogP contribution < -0.4 is 5.56 Å². The van der Waals surface area contributed by atoms with Gasteiger partial charge in [0.2, 0.25) is 5.69 Å². The average Bonchev–Trinajstić information content (AvgIpc) is 2.78. The molecule has 96 valence electrons. The Kier molecular flexibility index (Phi) is 3.40. The molecule has 0 unspecified atom stereocenters. The second kappa shape index (κ2) is 4.99. The summed E-state index contributed by atoms with van der Waals surface area (Å²) < 4.78 is 11.1. The molecule has 0 fully saturated rings. The summed E-state index contributed by atoms with van der Waals surface area (Å²) in [5, 5.41) is 3.62. The molecule has 0 aliphatic heterocycles. The Morgan fingerprint density at radius 1 is 1.50 bits per heavy atom. The number of nitrogens with zero attached hydrogens (tertiary/aromatic N) is 3. The number of carbonyl (C=O) groups excluding carboxylic acids is 1. The van der Waals surface area contributed by atoms with Crippen LogP contribution in [0.15, 0.2) is 15.6 Å². The monoisotopic (exact) mass is 251 g/mol. The van der Waals surface area contributed by atoms with E-state index in [9.17, 15) is 9.59 Å². The fourth-order valence-corrected chi connectivity index (χ4v) is 1.62. The molecule has 2 rings (SSSR count). The van der Waals surface area contributed by atoms with E-state index in [-0.39, 0.29) is 29.0 Å². The Bertz CT molecular complexity index is 629. The Balaban J connectivity index is 2.59. The average molecular weight is 251 g/mol. The van der Waals surface area contributed by atoms with Crippen molar-refractivity contribution in [2.24, 2.45) is 0 Å². The minimum absolute atomic E-state index is 0.0513. The zero-order valence-electron chi connectivity index (χ0n) is 10.2. The van der Waals surface area contributed by atoms with Crippen molar-refractivity contribution in [1.29, 1.82) is 0 Å². The molecule has 0 aromatic carbocycles. The van der Waals surface area contributed by atoms with Gasteiger partial charge in [0, 0.05) is 6.54 Å². The van der Waals surface area contributed by atoms with E-state index in [4.69, 9.17) is 9.26 Å². The first-order valence-corrected chi connectivity index (χ1v) is 5.71. The van der Waals surface area contributed by atoms with Crippen LogP contribution >= 0.6 is 0 Å². The van der Waals surface area contributed by atoms with Crippen LogP contribution in [0.5, 0.6) is 0 Å². The van der Waals surface area contributed by atoms with Crippen molar-refractivity contribution in [1.82, 2.24) is 14.7 Å². The summed E-state index contributed by atoms with van der Waals surface area (Å²) in [6.07, 6.45) is 2.17. The molecule has 0 saturated heterocycles. The van der Waals surface area contributed by atoms with E-state index in [1.807, 2.05) is 6.92 Å². The number of esters is 1. The zero-order chi connectivity index (χ0) is 13.1. The second-order valence-electron chi connectivity index (χ2n) is 3.67. The number of aromatic nitrogens is 3. The predicted molar refractivity (Wildman–Crippen MR) is 62.3 cm³/mol. The van der Waals surface area contributed by atoms with E-state index in [0.29, 0.717) is 6.54 Å². The molecule has 2 aromatic heterocycles. The standard InChI is InChI=1S/C11H13N3O4/c1-3-5-14-6-12-9-7(10(14)15)8(13-18-9)11(16)17-4-2/h6H,3-5H2,1-2H3. The highest BCUT2D eigenvalue weighted by atomic mass is 16.5. The van der Waals surface area contributed by atoms with Gasteiger partial charge in [0.05, 0.1) is 6.61 Å². The van der Waals surface area contributed by atoms with Crippen LogP contribution in [-0.4, -0.2) is 27.3 Å². The highest BCUT2D eigenvalue weighted by molar-refractivity contribution is 5.99. The second-order valence-corrected chi connectivity index (χ2v) is 3.67. The number of rotatable bonds is 4. The van der Waals surface area contributed by atoms with Crippen molar-refractivity contribution in [2.75, 3.05) is 6.61 Å². The maximum Gasteiger partial charge on any atom is 0.361 e. The van der Waals surface area contributed by atoms with E-state index in [1.54, 1.807) is 6.92 Å². The summed E-state index contributed by atoms with van der Waals surface area (Å²) >= 11 is 0. The Morgan fingerprint density at radius 2 is 2.28 bits per heavy atom. The largest absolute Gasteiger partial charge is 0.461 e. The van der Waals surface area contributed by atoms with Gasteiger partial charge < -0.3 is 9.26 Å². The summed E-state index contributed by atoms with van der Waals surface area (Å²) in [4.78, 5) is 27.7. The Morgan fingerprint density at radius 3 is 2.94 bits per heavy atom. The maximum atomic E-state index is 12.1. The molecule has 0 saturated carbocycles. The van der Waals surface area contributed by atoms with Crippen molar-refractivity contribution in [3.8, 4) is 0 Å². The van der Waals surface area contributed by atoms with Gasteiger partial charge in [-0.1, -0.05) is 12.1 Å². The van der Waals surface area contributed by atoms with E-state index < -0.39 is 5.97 Å². The first kappa shape index (κ1) is 12.3. The van der Waals surface area contributed by atoms with Crippen molar-refractivity contribution in [2.45, 2.75) is 26.8 Å². The molecular weight excluding hydrogens is 238 g/mol. The van der Waals surface area contributed by atoms with Crippen molar-refractivity contribution in [3.63, 3.8) is 0 Å². The molecular formula is C11H13N3O4. The van der Waals surface area contributed by atoms with Gasteiger partial charge in [0.15, 0.2) is 0 Å². The minimum Gasteiger partial charge on any atom is -0.461 e. The lowest BCUT2D eigenvalue weighted by molar-refractivity contribution is 0.0517. The first-order valence-electron chi connectivity index (χ1n) is 5.71. The summed E-state index contributed by atoms with van der Waals surface area (Å²) in [5.41, 5.74) is -0.406. The van der Waals surface area contributed by atoms with Crippen molar-refractivity contribution in [3.05, 3.63) is 22.4 Å². The summed E-state index contributed by atoms with van der Waals surface area (Å²) in [6, 6.07) is 0. The Labute approximate surface area is 102 Å². The van der Waals surface area contributed by atoms with E-state index in [0.717, 1.165) is 6.42 Å². The van der Waals surface area contributed by atoms with Gasteiger partial charge in [-0.05, 0) is 13.3 Å². The molecule has 2 heterocycles. The van der Waals surface area contributed by atoms with Gasteiger partial charge in [0.25, 0.3) is 11.3 Å². The smallest absolute Gasteiger partial charge is 0.361 e. The molecule has 0 bridgehead atoms. The topological polar surface area (TPSA) is 87.2 Å². The van der Waals surface area contributed by atoms with Crippen LogP contribution in [0.2, 0.25) is 0 Å². The molecule has 0 atom stereocenters. The molecule has 18 heavy (non-hydrogen) atoms.